The van der Waals surface area contributed by atoms with Crippen molar-refractivity contribution >= 4 is 16.7 Å². The molecule has 1 aliphatic carbocycles. The van der Waals surface area contributed by atoms with Crippen molar-refractivity contribution in [2.24, 2.45) is 5.92 Å². The van der Waals surface area contributed by atoms with Crippen molar-refractivity contribution in [3.8, 4) is 0 Å². The minimum absolute atomic E-state index is 0.117. The number of nitrogens with one attached hydrogen (secondary N) is 1. The number of Topliss-reactive ketones (excluding diaryl/α,β-unsaturated/α-hetero) is 1. The molecule has 112 valence electrons. The quantitative estimate of drug-likeness (QED) is 0.748. The van der Waals surface area contributed by atoms with Gasteiger partial charge in [0.2, 0.25) is 0 Å². The number of fused-ring (bicyclic) bond motifs is 6. The van der Waals surface area contributed by atoms with E-state index in [0.717, 1.165) is 34.3 Å². The third-order valence-electron chi connectivity index (χ3n) is 5.18. The van der Waals surface area contributed by atoms with Gasteiger partial charge in [-0.25, -0.2) is 0 Å². The number of piperidine rings is 1. The van der Waals surface area contributed by atoms with Crippen molar-refractivity contribution in [2.75, 3.05) is 13.6 Å². The average molecular weight is 292 g/mol. The summed E-state index contributed by atoms with van der Waals surface area (Å²) in [6.45, 7) is 7.33. The Kier molecular flexibility index (Phi) is 2.88. The van der Waals surface area contributed by atoms with E-state index in [0.29, 0.717) is 6.42 Å². The molecule has 2 heterocycles. The minimum atomic E-state index is 0.117. The zero-order chi connectivity index (χ0) is 15.4. The van der Waals surface area contributed by atoms with E-state index < -0.39 is 0 Å². The van der Waals surface area contributed by atoms with Crippen LogP contribution < -0.4 is 0 Å². The zero-order valence-corrected chi connectivity index (χ0v) is 13.0. The van der Waals surface area contributed by atoms with E-state index in [1.165, 1.54) is 5.57 Å². The summed E-state index contributed by atoms with van der Waals surface area (Å²) in [4.78, 5) is 18.5. The van der Waals surface area contributed by atoms with E-state index >= 15 is 0 Å². The van der Waals surface area contributed by atoms with Gasteiger partial charge in [0.05, 0.1) is 11.7 Å². The first-order valence-corrected chi connectivity index (χ1v) is 7.79. The summed E-state index contributed by atoms with van der Waals surface area (Å²) >= 11 is 0. The minimum Gasteiger partial charge on any atom is -0.352 e. The highest BCUT2D eigenvalue weighted by atomic mass is 16.1. The second-order valence-corrected chi connectivity index (χ2v) is 6.40. The van der Waals surface area contributed by atoms with Crippen molar-refractivity contribution in [2.45, 2.75) is 19.4 Å². The molecule has 1 aromatic carbocycles. The molecule has 0 unspecified atom stereocenters. The Bertz CT molecular complexity index is 827. The second kappa shape index (κ2) is 4.68. The third-order valence-corrected chi connectivity index (χ3v) is 5.18. The number of carbonyl (C=O) groups is 1. The molecule has 2 atom stereocenters. The predicted molar refractivity (Wildman–Crippen MR) is 89.0 cm³/mol. The number of benzene rings is 1. The fourth-order valence-corrected chi connectivity index (χ4v) is 4.12. The highest BCUT2D eigenvalue weighted by molar-refractivity contribution is 6.04. The lowest BCUT2D eigenvalue weighted by atomic mass is 9.80. The van der Waals surface area contributed by atoms with Gasteiger partial charge in [-0.05, 0) is 25.6 Å². The second-order valence-electron chi connectivity index (χ2n) is 6.40. The molecule has 1 aliphatic heterocycles. The standard InChI is InChI=1S/C19H20N2O/c1-4-12-10-21(3)19-11(2)14(12)9-16(22)18-17(19)13-7-5-6-8-15(13)20-18/h4-8,14,19-20H,2,9-10H2,1,3H3/b12-4-/t14-,19-/m1/s1. The summed E-state index contributed by atoms with van der Waals surface area (Å²) in [7, 11) is 2.12. The maximum Gasteiger partial charge on any atom is 0.180 e. The van der Waals surface area contributed by atoms with Crippen LogP contribution in [0.4, 0.5) is 0 Å². The van der Waals surface area contributed by atoms with Gasteiger partial charge in [0.15, 0.2) is 5.78 Å². The molecule has 0 spiro atoms. The monoisotopic (exact) mass is 292 g/mol. The van der Waals surface area contributed by atoms with Gasteiger partial charge in [0.25, 0.3) is 0 Å². The summed E-state index contributed by atoms with van der Waals surface area (Å²) in [6, 6.07) is 8.29. The molecular formula is C19H20N2O. The van der Waals surface area contributed by atoms with Gasteiger partial charge >= 0.3 is 0 Å². The van der Waals surface area contributed by atoms with Crippen LogP contribution in [0.5, 0.6) is 0 Å². The lowest BCUT2D eigenvalue weighted by Gasteiger charge is -2.39. The van der Waals surface area contributed by atoms with Gasteiger partial charge in [0.1, 0.15) is 0 Å². The number of para-hydroxylation sites is 1. The Morgan fingerprint density at radius 1 is 1.36 bits per heavy atom. The normalized spacial score (nSPS) is 27.3. The number of aromatic amines is 1. The molecule has 2 aromatic rings. The summed E-state index contributed by atoms with van der Waals surface area (Å²) < 4.78 is 0. The average Bonchev–Trinajstić information content (AvgIpc) is 2.86. The Morgan fingerprint density at radius 3 is 2.91 bits per heavy atom. The van der Waals surface area contributed by atoms with E-state index in [4.69, 9.17) is 0 Å². The van der Waals surface area contributed by atoms with Gasteiger partial charge in [0, 0.05) is 35.3 Å². The van der Waals surface area contributed by atoms with E-state index in [9.17, 15) is 4.79 Å². The molecule has 1 fully saturated rings. The highest BCUT2D eigenvalue weighted by Gasteiger charge is 2.41. The smallest absolute Gasteiger partial charge is 0.180 e. The van der Waals surface area contributed by atoms with Crippen molar-refractivity contribution in [1.82, 2.24) is 9.88 Å². The summed E-state index contributed by atoms with van der Waals surface area (Å²) in [5.41, 5.74) is 5.40. The maximum absolute atomic E-state index is 12.8. The Hall–Kier alpha value is -2.13. The number of ketones is 1. The number of aromatic nitrogens is 1. The largest absolute Gasteiger partial charge is 0.352 e. The molecule has 1 N–H and O–H groups in total. The zero-order valence-electron chi connectivity index (χ0n) is 13.0. The first kappa shape index (κ1) is 13.5. The van der Waals surface area contributed by atoms with Gasteiger partial charge in [-0.2, -0.15) is 0 Å². The molecule has 3 heteroatoms. The van der Waals surface area contributed by atoms with Crippen molar-refractivity contribution < 1.29 is 4.79 Å². The third kappa shape index (κ3) is 1.69. The van der Waals surface area contributed by atoms with Crippen LogP contribution in [-0.2, 0) is 0 Å². The number of likely N-dealkylation sites (tertiary alicyclic amines) is 1. The first-order valence-electron chi connectivity index (χ1n) is 7.79. The van der Waals surface area contributed by atoms with Crippen LogP contribution in [-0.4, -0.2) is 29.3 Å². The van der Waals surface area contributed by atoms with Gasteiger partial charge in [-0.15, -0.1) is 0 Å². The molecule has 2 bridgehead atoms. The fourth-order valence-electron chi connectivity index (χ4n) is 4.12. The van der Waals surface area contributed by atoms with Crippen molar-refractivity contribution in [3.05, 3.63) is 59.3 Å². The van der Waals surface area contributed by atoms with Crippen LogP contribution in [0.1, 0.15) is 35.4 Å². The topological polar surface area (TPSA) is 36.1 Å². The maximum atomic E-state index is 12.8. The number of H-pyrrole nitrogens is 1. The number of carbonyl (C=O) groups excluding carboxylic acids is 1. The van der Waals surface area contributed by atoms with Gasteiger partial charge in [-0.3, -0.25) is 9.69 Å². The van der Waals surface area contributed by atoms with E-state index in [1.54, 1.807) is 0 Å². The Morgan fingerprint density at radius 2 is 2.14 bits per heavy atom. The van der Waals surface area contributed by atoms with Crippen LogP contribution in [0, 0.1) is 5.92 Å². The van der Waals surface area contributed by atoms with Crippen molar-refractivity contribution in [1.29, 1.82) is 0 Å². The van der Waals surface area contributed by atoms with E-state index in [2.05, 4.69) is 42.6 Å². The summed E-state index contributed by atoms with van der Waals surface area (Å²) in [5.74, 6) is 0.382. The van der Waals surface area contributed by atoms with Crippen LogP contribution in [0.2, 0.25) is 0 Å². The molecular weight excluding hydrogens is 272 g/mol. The first-order chi connectivity index (χ1) is 10.6. The fraction of sp³-hybridized carbons (Fsp3) is 0.316. The summed E-state index contributed by atoms with van der Waals surface area (Å²) in [5, 5.41) is 1.15. The number of hydrogen-bond acceptors (Lipinski definition) is 2. The van der Waals surface area contributed by atoms with Gasteiger partial charge < -0.3 is 4.98 Å². The van der Waals surface area contributed by atoms with Crippen LogP contribution in [0.25, 0.3) is 10.9 Å². The van der Waals surface area contributed by atoms with Crippen LogP contribution in [0.3, 0.4) is 0 Å². The van der Waals surface area contributed by atoms with E-state index in [-0.39, 0.29) is 17.7 Å². The van der Waals surface area contributed by atoms with Crippen LogP contribution >= 0.6 is 0 Å². The highest BCUT2D eigenvalue weighted by Crippen LogP contribution is 2.47. The number of likely N-dealkylation sites (N-methyl/N-ethyl adjacent to an activating group) is 1. The Labute approximate surface area is 130 Å². The number of nitrogens with zero attached hydrogens (tertiary/aromatic N) is 1. The molecule has 0 amide bonds. The van der Waals surface area contributed by atoms with Gasteiger partial charge in [-0.1, -0.05) is 36.4 Å². The molecule has 0 radical (unpaired) electrons. The van der Waals surface area contributed by atoms with E-state index in [1.807, 2.05) is 18.2 Å². The number of hydrogen-bond donors (Lipinski definition) is 1. The molecule has 1 saturated heterocycles. The van der Waals surface area contributed by atoms with Crippen LogP contribution in [0.15, 0.2) is 48.1 Å². The molecule has 1 aromatic heterocycles. The summed E-state index contributed by atoms with van der Waals surface area (Å²) in [6.07, 6.45) is 2.68. The Balaban J connectivity index is 2.01. The predicted octanol–water partition coefficient (Wildman–Crippen LogP) is 3.86. The van der Waals surface area contributed by atoms with Crippen molar-refractivity contribution in [3.63, 3.8) is 0 Å². The molecule has 22 heavy (non-hydrogen) atoms. The molecule has 2 aliphatic rings. The molecule has 3 nitrogen and oxygen atoms in total. The SMILES string of the molecule is C=C1[C@H]2CC(=O)c3[nH]c4ccccc4c3[C@@H]1N(C)C/C2=C/C. The molecule has 4 rings (SSSR count). The lowest BCUT2D eigenvalue weighted by molar-refractivity contribution is 0.0968. The number of rotatable bonds is 0. The number of allylic oxidation sites excluding steroid dienone is 1. The molecule has 0 saturated carbocycles. The lowest BCUT2D eigenvalue weighted by Crippen LogP contribution is -2.36.